The average molecular weight is 483 g/mol. The second-order valence-electron chi connectivity index (χ2n) is 7.01. The lowest BCUT2D eigenvalue weighted by Crippen LogP contribution is -2.22. The van der Waals surface area contributed by atoms with E-state index < -0.39 is 32.9 Å². The molecule has 0 bridgehead atoms. The van der Waals surface area contributed by atoms with Gasteiger partial charge < -0.3 is 5.32 Å². The minimum absolute atomic E-state index is 0.0132. The van der Waals surface area contributed by atoms with Crippen molar-refractivity contribution in [3.05, 3.63) is 75.8 Å². The van der Waals surface area contributed by atoms with Crippen molar-refractivity contribution in [2.24, 2.45) is 0 Å². The number of carbonyl (C=O) groups excluding carboxylic acids is 1. The number of amides is 1. The summed E-state index contributed by atoms with van der Waals surface area (Å²) in [5.74, 6) is -0.827. The highest BCUT2D eigenvalue weighted by Crippen LogP contribution is 2.38. The molecule has 0 saturated heterocycles. The third kappa shape index (κ3) is 5.50. The Bertz CT molecular complexity index is 1250. The van der Waals surface area contributed by atoms with Crippen LogP contribution in [-0.4, -0.2) is 30.3 Å². The molecule has 1 atom stereocenters. The number of nitrogens with zero attached hydrogens (tertiary/aromatic N) is 1. The van der Waals surface area contributed by atoms with Gasteiger partial charge in [0, 0.05) is 16.9 Å². The molecule has 32 heavy (non-hydrogen) atoms. The smallest absolute Gasteiger partial charge is 0.310 e. The fraction of sp³-hybridized carbons (Fsp3) is 0.273. The predicted octanol–water partition coefficient (Wildman–Crippen LogP) is 4.95. The Morgan fingerprint density at radius 1 is 1.34 bits per heavy atom. The molecule has 1 unspecified atom stereocenters. The number of sulfone groups is 1. The van der Waals surface area contributed by atoms with E-state index in [1.54, 1.807) is 19.1 Å². The normalized spacial score (nSPS) is 18.2. The molecule has 5 nitrogen and oxygen atoms in total. The van der Waals surface area contributed by atoms with Crippen LogP contribution in [0.1, 0.15) is 31.0 Å². The minimum Gasteiger partial charge on any atom is -0.310 e. The third-order valence-electron chi connectivity index (χ3n) is 4.84. The van der Waals surface area contributed by atoms with Crippen molar-refractivity contribution in [3.8, 4) is 0 Å². The summed E-state index contributed by atoms with van der Waals surface area (Å²) in [6.07, 6.45) is 2.80. The van der Waals surface area contributed by atoms with Crippen LogP contribution in [0.2, 0.25) is 0 Å². The summed E-state index contributed by atoms with van der Waals surface area (Å²) in [7, 11) is -3.23. The SMILES string of the molecule is CCS(=O)(=O)C1C=CC(CC(=O)Nc2ccc(C3=CC=C=C=C3Cl)c(C(F)(F)F)n2)=CC1. The van der Waals surface area contributed by atoms with Crippen LogP contribution in [0.3, 0.4) is 0 Å². The molecule has 168 valence electrons. The number of rotatable bonds is 6. The summed E-state index contributed by atoms with van der Waals surface area (Å²) >= 11 is 5.96. The highest BCUT2D eigenvalue weighted by atomic mass is 35.5. The van der Waals surface area contributed by atoms with E-state index in [2.05, 4.69) is 21.8 Å². The number of alkyl halides is 3. The van der Waals surface area contributed by atoms with Gasteiger partial charge in [0.2, 0.25) is 5.91 Å². The number of carbonyl (C=O) groups is 1. The molecule has 2 aliphatic rings. The first-order valence-corrected chi connectivity index (χ1v) is 11.7. The molecular formula is C22H18ClF3N2O3S. The van der Waals surface area contributed by atoms with Crippen LogP contribution in [0.4, 0.5) is 19.0 Å². The number of hydrogen-bond acceptors (Lipinski definition) is 4. The molecule has 1 N–H and O–H groups in total. The van der Waals surface area contributed by atoms with Crippen molar-refractivity contribution in [2.45, 2.75) is 31.2 Å². The van der Waals surface area contributed by atoms with Crippen molar-refractivity contribution >= 4 is 38.7 Å². The fourth-order valence-corrected chi connectivity index (χ4v) is 4.52. The van der Waals surface area contributed by atoms with Gasteiger partial charge in [-0.05, 0) is 42.0 Å². The van der Waals surface area contributed by atoms with Gasteiger partial charge in [-0.25, -0.2) is 13.4 Å². The number of hydrogen-bond donors (Lipinski definition) is 1. The van der Waals surface area contributed by atoms with Crippen molar-refractivity contribution in [1.29, 1.82) is 0 Å². The van der Waals surface area contributed by atoms with E-state index in [0.717, 1.165) is 0 Å². The van der Waals surface area contributed by atoms with E-state index in [0.29, 0.717) is 5.57 Å². The molecule has 0 fully saturated rings. The molecule has 3 rings (SSSR count). The summed E-state index contributed by atoms with van der Waals surface area (Å²) in [6, 6.07) is 2.44. The lowest BCUT2D eigenvalue weighted by atomic mass is 10.0. The molecule has 1 heterocycles. The van der Waals surface area contributed by atoms with Crippen molar-refractivity contribution in [1.82, 2.24) is 4.98 Å². The van der Waals surface area contributed by atoms with Gasteiger partial charge in [0.15, 0.2) is 15.5 Å². The van der Waals surface area contributed by atoms with Gasteiger partial charge in [-0.1, -0.05) is 42.5 Å². The Hall–Kier alpha value is -2.83. The van der Waals surface area contributed by atoms with E-state index in [9.17, 15) is 26.4 Å². The summed E-state index contributed by atoms with van der Waals surface area (Å²) in [6.45, 7) is 1.56. The average Bonchev–Trinajstić information content (AvgIpc) is 2.74. The van der Waals surface area contributed by atoms with E-state index in [4.69, 9.17) is 11.6 Å². The summed E-state index contributed by atoms with van der Waals surface area (Å²) in [4.78, 5) is 15.9. The van der Waals surface area contributed by atoms with Crippen molar-refractivity contribution in [3.63, 3.8) is 0 Å². The maximum Gasteiger partial charge on any atom is 0.434 e. The van der Waals surface area contributed by atoms with Gasteiger partial charge in [-0.15, -0.1) is 0 Å². The van der Waals surface area contributed by atoms with E-state index in [1.807, 2.05) is 0 Å². The van der Waals surface area contributed by atoms with E-state index >= 15 is 0 Å². The van der Waals surface area contributed by atoms with Gasteiger partial charge in [0.05, 0.1) is 16.7 Å². The van der Waals surface area contributed by atoms with Gasteiger partial charge in [0.1, 0.15) is 5.82 Å². The molecule has 1 aromatic rings. The molecule has 0 aromatic carbocycles. The van der Waals surface area contributed by atoms with E-state index in [1.165, 1.54) is 30.4 Å². The molecule has 1 aromatic heterocycles. The summed E-state index contributed by atoms with van der Waals surface area (Å²) in [5.41, 5.74) is 4.30. The number of halogens is 4. The number of pyridine rings is 1. The molecule has 1 amide bonds. The summed E-state index contributed by atoms with van der Waals surface area (Å²) < 4.78 is 64.7. The van der Waals surface area contributed by atoms with Crippen LogP contribution >= 0.6 is 11.6 Å². The van der Waals surface area contributed by atoms with Crippen LogP contribution in [0, 0.1) is 0 Å². The Morgan fingerprint density at radius 3 is 2.69 bits per heavy atom. The lowest BCUT2D eigenvalue weighted by molar-refractivity contribution is -0.141. The maximum absolute atomic E-state index is 13.6. The standard InChI is InChI=1S/C22H18ClF3N2O3S/c1-2-32(30,31)15-9-7-14(8-10-15)13-20(29)27-19-12-11-17(21(28-19)22(24,25)26)16-5-3-4-6-18(16)23/h3,5,7-9,11-12,15H,2,10,13H2,1H3,(H,27,28,29). The first kappa shape index (κ1) is 23.8. The van der Waals surface area contributed by atoms with E-state index in [-0.39, 0.29) is 40.6 Å². The second-order valence-corrected chi connectivity index (χ2v) is 9.90. The predicted molar refractivity (Wildman–Crippen MR) is 117 cm³/mol. The zero-order valence-electron chi connectivity index (χ0n) is 16.8. The zero-order chi connectivity index (χ0) is 23.5. The van der Waals surface area contributed by atoms with Crippen LogP contribution < -0.4 is 5.32 Å². The van der Waals surface area contributed by atoms with Crippen LogP contribution in [0.25, 0.3) is 5.57 Å². The number of anilines is 1. The molecule has 0 saturated carbocycles. The maximum atomic E-state index is 13.6. The fourth-order valence-electron chi connectivity index (χ4n) is 3.17. The summed E-state index contributed by atoms with van der Waals surface area (Å²) in [5, 5.41) is 1.69. The number of aromatic nitrogens is 1. The molecule has 2 aliphatic carbocycles. The molecule has 10 heteroatoms. The molecule has 0 aliphatic heterocycles. The highest BCUT2D eigenvalue weighted by molar-refractivity contribution is 7.92. The minimum atomic E-state index is -4.78. The zero-order valence-corrected chi connectivity index (χ0v) is 18.4. The van der Waals surface area contributed by atoms with Crippen molar-refractivity contribution in [2.75, 3.05) is 11.1 Å². The van der Waals surface area contributed by atoms with Gasteiger partial charge in [0.25, 0.3) is 0 Å². The Balaban J connectivity index is 1.75. The van der Waals surface area contributed by atoms with Crippen molar-refractivity contribution < 1.29 is 26.4 Å². The molecule has 0 spiro atoms. The third-order valence-corrected chi connectivity index (χ3v) is 7.21. The number of nitrogens with one attached hydrogen (secondary N) is 1. The Morgan fingerprint density at radius 2 is 2.09 bits per heavy atom. The number of allylic oxidation sites excluding steroid dienone is 6. The first-order chi connectivity index (χ1) is 15.0. The van der Waals surface area contributed by atoms with Gasteiger partial charge in [-0.3, -0.25) is 4.79 Å². The Kier molecular flexibility index (Phi) is 6.96. The molecular weight excluding hydrogens is 465 g/mol. The first-order valence-electron chi connectivity index (χ1n) is 9.56. The topological polar surface area (TPSA) is 76.1 Å². The van der Waals surface area contributed by atoms with Gasteiger partial charge >= 0.3 is 6.18 Å². The highest BCUT2D eigenvalue weighted by Gasteiger charge is 2.37. The van der Waals surface area contributed by atoms with Crippen LogP contribution in [-0.2, 0) is 20.8 Å². The van der Waals surface area contributed by atoms with Crippen LogP contribution in [0.15, 0.2) is 64.6 Å². The quantitative estimate of drug-likeness (QED) is 0.582. The second kappa shape index (κ2) is 9.35. The van der Waals surface area contributed by atoms with Gasteiger partial charge in [-0.2, -0.15) is 13.2 Å². The Labute approximate surface area is 188 Å². The van der Waals surface area contributed by atoms with Crippen LogP contribution in [0.5, 0.6) is 0 Å². The molecule has 0 radical (unpaired) electrons. The monoisotopic (exact) mass is 482 g/mol. The lowest BCUT2D eigenvalue weighted by Gasteiger charge is -2.17. The largest absolute Gasteiger partial charge is 0.434 e.